The zero-order valence-electron chi connectivity index (χ0n) is 24.4. The van der Waals surface area contributed by atoms with Gasteiger partial charge in [0.1, 0.15) is 5.82 Å². The molecule has 0 bridgehead atoms. The third-order valence-corrected chi connectivity index (χ3v) is 10.5. The lowest BCUT2D eigenvalue weighted by molar-refractivity contribution is -0.146. The Balaban J connectivity index is 1.21. The summed E-state index contributed by atoms with van der Waals surface area (Å²) in [7, 11) is 2.20. The van der Waals surface area contributed by atoms with Crippen LogP contribution in [0, 0.1) is 5.92 Å². The van der Waals surface area contributed by atoms with E-state index in [4.69, 9.17) is 15.5 Å². The van der Waals surface area contributed by atoms with Crippen LogP contribution >= 0.6 is 11.3 Å². The first-order valence-electron chi connectivity index (χ1n) is 14.7. The molecule has 9 nitrogen and oxygen atoms in total. The first kappa shape index (κ1) is 28.1. The number of piperidine rings is 2. The summed E-state index contributed by atoms with van der Waals surface area (Å²) in [6.07, 6.45) is 5.51. The van der Waals surface area contributed by atoms with Crippen LogP contribution in [-0.2, 0) is 14.3 Å². The molecule has 5 heterocycles. The molecule has 0 aliphatic carbocycles. The number of ether oxygens (including phenoxy) is 1. The van der Waals surface area contributed by atoms with Crippen molar-refractivity contribution in [3.8, 4) is 0 Å². The van der Waals surface area contributed by atoms with Crippen molar-refractivity contribution < 1.29 is 14.3 Å². The van der Waals surface area contributed by atoms with Gasteiger partial charge in [0.25, 0.3) is 0 Å². The van der Waals surface area contributed by atoms with Crippen LogP contribution in [0.4, 0.5) is 11.5 Å². The Kier molecular flexibility index (Phi) is 7.50. The van der Waals surface area contributed by atoms with Gasteiger partial charge in [-0.25, -0.2) is 9.97 Å². The number of carbonyl (C=O) groups is 2. The van der Waals surface area contributed by atoms with Crippen molar-refractivity contribution in [2.24, 2.45) is 5.92 Å². The van der Waals surface area contributed by atoms with Gasteiger partial charge in [0.2, 0.25) is 0 Å². The van der Waals surface area contributed by atoms with E-state index in [1.807, 2.05) is 0 Å². The molecule has 10 heteroatoms. The summed E-state index contributed by atoms with van der Waals surface area (Å²) in [5.74, 6) is 0.170. The maximum atomic E-state index is 13.6. The highest BCUT2D eigenvalue weighted by atomic mass is 32.1. The van der Waals surface area contributed by atoms with Gasteiger partial charge in [-0.05, 0) is 82.8 Å². The number of fused-ring (bicyclic) bond motifs is 1. The largest absolute Gasteiger partial charge is 0.383 e. The predicted molar refractivity (Wildman–Crippen MR) is 162 cm³/mol. The maximum Gasteiger partial charge on any atom is 0.313 e. The molecular formula is C31H40N6O3S. The van der Waals surface area contributed by atoms with E-state index in [0.717, 1.165) is 48.9 Å². The van der Waals surface area contributed by atoms with Crippen LogP contribution in [0.15, 0.2) is 30.5 Å². The number of aromatic nitrogens is 2. The summed E-state index contributed by atoms with van der Waals surface area (Å²) < 4.78 is 6.45. The van der Waals surface area contributed by atoms with Crippen LogP contribution in [-0.4, -0.2) is 70.5 Å². The summed E-state index contributed by atoms with van der Waals surface area (Å²) >= 11 is 1.79. The van der Waals surface area contributed by atoms with Crippen molar-refractivity contribution in [2.75, 3.05) is 44.4 Å². The number of nitrogens with two attached hydrogens (primary N) is 1. The molecule has 0 unspecified atom stereocenters. The summed E-state index contributed by atoms with van der Waals surface area (Å²) in [6.45, 7) is 9.51. The molecule has 1 aromatic carbocycles. The van der Waals surface area contributed by atoms with Crippen molar-refractivity contribution in [3.05, 3.63) is 46.6 Å². The average Bonchev–Trinajstić information content (AvgIpc) is 3.34. The Labute approximate surface area is 245 Å². The molecule has 2 aromatic heterocycles. The number of amides is 2. The SMILES string of the molecule is C[C@H]1CC[C@H](c2ccc3sc([C@H]4CCN(C)C(C)(C)C4)nc3c2)N(C(=O)C(=O)Nc2cnc(N)c(C3COC3)c2)C1. The molecule has 3 aliphatic rings. The van der Waals surface area contributed by atoms with E-state index in [0.29, 0.717) is 43.1 Å². The van der Waals surface area contributed by atoms with Gasteiger partial charge < -0.3 is 25.6 Å². The summed E-state index contributed by atoms with van der Waals surface area (Å²) in [5.41, 5.74) is 9.52. The molecule has 3 fully saturated rings. The van der Waals surface area contributed by atoms with Crippen LogP contribution in [0.1, 0.15) is 80.5 Å². The fourth-order valence-corrected chi connectivity index (χ4v) is 7.49. The Bertz CT molecular complexity index is 1470. The van der Waals surface area contributed by atoms with E-state index in [-0.39, 0.29) is 17.5 Å². The smallest absolute Gasteiger partial charge is 0.313 e. The minimum atomic E-state index is -0.659. The molecular weight excluding hydrogens is 536 g/mol. The highest BCUT2D eigenvalue weighted by Gasteiger charge is 2.36. The minimum Gasteiger partial charge on any atom is -0.383 e. The van der Waals surface area contributed by atoms with Crippen molar-refractivity contribution in [1.29, 1.82) is 0 Å². The van der Waals surface area contributed by atoms with Gasteiger partial charge in [0.05, 0.1) is 46.4 Å². The molecule has 0 spiro atoms. The van der Waals surface area contributed by atoms with E-state index in [1.165, 1.54) is 15.9 Å². The summed E-state index contributed by atoms with van der Waals surface area (Å²) in [4.78, 5) is 40.3. The molecule has 3 aromatic rings. The number of nitrogens with zero attached hydrogens (tertiary/aromatic N) is 4. The van der Waals surface area contributed by atoms with Crippen molar-refractivity contribution >= 4 is 44.9 Å². The second-order valence-corrected chi connectivity index (χ2v) is 13.8. The molecule has 3 aliphatic heterocycles. The lowest BCUT2D eigenvalue weighted by Gasteiger charge is -2.43. The van der Waals surface area contributed by atoms with Crippen LogP contribution in [0.2, 0.25) is 0 Å². The second-order valence-electron chi connectivity index (χ2n) is 12.7. The third-order valence-electron chi connectivity index (χ3n) is 9.31. The topological polar surface area (TPSA) is 114 Å². The van der Waals surface area contributed by atoms with Gasteiger partial charge in [-0.3, -0.25) is 9.59 Å². The number of anilines is 2. The Hall–Kier alpha value is -3.08. The van der Waals surface area contributed by atoms with Gasteiger partial charge in [-0.2, -0.15) is 0 Å². The van der Waals surface area contributed by atoms with Crippen molar-refractivity contribution in [3.63, 3.8) is 0 Å². The second kappa shape index (κ2) is 11.0. The molecule has 6 rings (SSSR count). The molecule has 3 saturated heterocycles. The lowest BCUT2D eigenvalue weighted by atomic mass is 9.83. The van der Waals surface area contributed by atoms with E-state index in [1.54, 1.807) is 22.3 Å². The van der Waals surface area contributed by atoms with Crippen LogP contribution in [0.5, 0.6) is 0 Å². The number of nitrogens with one attached hydrogen (secondary N) is 1. The number of benzene rings is 1. The number of pyridine rings is 1. The summed E-state index contributed by atoms with van der Waals surface area (Å²) in [6, 6.07) is 8.01. The molecule has 41 heavy (non-hydrogen) atoms. The standard InChI is InChI=1S/C31H40N6O3S/c1-18-5-7-25(19-6-8-26-24(11-19)35-29(41-26)20-9-10-36(4)31(2,3)13-20)37(15-18)30(39)28(38)34-22-12-23(21-16-40-17-21)27(32)33-14-22/h6,8,11-12,14,18,20-21,25H,5,7,9-10,13,15-17H2,1-4H3,(H2,32,33)(H,34,38)/t18-,20-,25+/m0/s1. The van der Waals surface area contributed by atoms with Gasteiger partial charge >= 0.3 is 11.8 Å². The molecule has 0 radical (unpaired) electrons. The number of hydrogen-bond donors (Lipinski definition) is 2. The third kappa shape index (κ3) is 5.57. The minimum absolute atomic E-state index is 0.155. The van der Waals surface area contributed by atoms with Gasteiger partial charge in [0, 0.05) is 29.5 Å². The molecule has 3 atom stereocenters. The number of hydrogen-bond acceptors (Lipinski definition) is 8. The number of carbonyl (C=O) groups excluding carboxylic acids is 2. The number of nitrogen functional groups attached to an aromatic ring is 1. The maximum absolute atomic E-state index is 13.6. The van der Waals surface area contributed by atoms with Crippen LogP contribution < -0.4 is 11.1 Å². The Morgan fingerprint density at radius 3 is 2.68 bits per heavy atom. The van der Waals surface area contributed by atoms with Crippen molar-refractivity contribution in [2.45, 2.75) is 69.9 Å². The molecule has 218 valence electrons. The normalized spacial score (nSPS) is 25.2. The van der Waals surface area contributed by atoms with Crippen LogP contribution in [0.3, 0.4) is 0 Å². The van der Waals surface area contributed by atoms with E-state index < -0.39 is 11.8 Å². The number of thiazole rings is 1. The first-order valence-corrected chi connectivity index (χ1v) is 15.5. The first-order chi connectivity index (χ1) is 19.6. The highest BCUT2D eigenvalue weighted by Crippen LogP contribution is 2.41. The fourth-order valence-electron chi connectivity index (χ4n) is 6.41. The molecule has 3 N–H and O–H groups in total. The molecule has 2 amide bonds. The average molecular weight is 577 g/mol. The number of likely N-dealkylation sites (tertiary alicyclic amines) is 2. The van der Waals surface area contributed by atoms with Gasteiger partial charge in [0.15, 0.2) is 0 Å². The Morgan fingerprint density at radius 2 is 1.95 bits per heavy atom. The van der Waals surface area contributed by atoms with Crippen molar-refractivity contribution in [1.82, 2.24) is 19.8 Å². The summed E-state index contributed by atoms with van der Waals surface area (Å²) in [5, 5.41) is 3.97. The fraction of sp³-hybridized carbons (Fsp3) is 0.548. The highest BCUT2D eigenvalue weighted by molar-refractivity contribution is 7.18. The quantitative estimate of drug-likeness (QED) is 0.424. The lowest BCUT2D eigenvalue weighted by Crippen LogP contribution is -2.46. The van der Waals surface area contributed by atoms with E-state index >= 15 is 0 Å². The van der Waals surface area contributed by atoms with Gasteiger partial charge in [-0.15, -0.1) is 11.3 Å². The number of rotatable bonds is 4. The van der Waals surface area contributed by atoms with Crippen LogP contribution in [0.25, 0.3) is 10.2 Å². The van der Waals surface area contributed by atoms with E-state index in [2.05, 4.69) is 61.2 Å². The zero-order valence-corrected chi connectivity index (χ0v) is 25.2. The molecule has 0 saturated carbocycles. The Morgan fingerprint density at radius 1 is 1.15 bits per heavy atom. The zero-order chi connectivity index (χ0) is 28.9. The van der Waals surface area contributed by atoms with Gasteiger partial charge in [-0.1, -0.05) is 13.0 Å². The predicted octanol–water partition coefficient (Wildman–Crippen LogP) is 4.91. The van der Waals surface area contributed by atoms with E-state index in [9.17, 15) is 9.59 Å². The monoisotopic (exact) mass is 576 g/mol.